The highest BCUT2D eigenvalue weighted by molar-refractivity contribution is 6.68. The SMILES string of the molecule is BC1=C(B)c2occ(C(=O)c3ccc(OCC#N)c(OC)c3)c2C(=O)C1=O. The summed E-state index contributed by atoms with van der Waals surface area (Å²) in [6.07, 6.45) is 1.19. The van der Waals surface area contributed by atoms with Crippen LogP contribution in [0.1, 0.15) is 32.0 Å². The molecule has 0 atom stereocenters. The molecule has 7 nitrogen and oxygen atoms in total. The van der Waals surface area contributed by atoms with E-state index in [4.69, 9.17) is 19.2 Å². The third-order valence-corrected chi connectivity index (χ3v) is 4.43. The highest BCUT2D eigenvalue weighted by Crippen LogP contribution is 2.33. The lowest BCUT2D eigenvalue weighted by Crippen LogP contribution is -2.25. The third kappa shape index (κ3) is 2.95. The van der Waals surface area contributed by atoms with Gasteiger partial charge in [-0.2, -0.15) is 5.26 Å². The second-order valence-corrected chi connectivity index (χ2v) is 5.90. The van der Waals surface area contributed by atoms with E-state index in [-0.39, 0.29) is 34.8 Å². The number of ether oxygens (including phenoxy) is 2. The fraction of sp³-hybridized carbons (Fsp3) is 0.111. The standard InChI is InChI=1S/C18H13B2NO6/c1-25-11-6-8(2-3-10(11)26-5-4-21)15(22)9-7-27-18-12(9)16(23)17(24)13(19)14(18)20/h2-3,6-7H,5,19-20H2,1H3. The molecule has 1 aliphatic carbocycles. The van der Waals surface area contributed by atoms with Gasteiger partial charge in [0.1, 0.15) is 33.8 Å². The smallest absolute Gasteiger partial charge is 0.236 e. The molecule has 0 aliphatic heterocycles. The van der Waals surface area contributed by atoms with Crippen LogP contribution in [-0.4, -0.2) is 46.8 Å². The van der Waals surface area contributed by atoms with Crippen LogP contribution in [0.2, 0.25) is 0 Å². The highest BCUT2D eigenvalue weighted by atomic mass is 16.5. The molecule has 0 radical (unpaired) electrons. The number of ketones is 3. The molecule has 1 aromatic heterocycles. The van der Waals surface area contributed by atoms with Crippen LogP contribution in [0.4, 0.5) is 0 Å². The van der Waals surface area contributed by atoms with Crippen molar-refractivity contribution in [3.8, 4) is 17.6 Å². The molecule has 0 spiro atoms. The number of rotatable bonds is 5. The molecule has 9 heteroatoms. The Bertz CT molecular complexity index is 1060. The summed E-state index contributed by atoms with van der Waals surface area (Å²) in [5.74, 6) is -1.08. The fourth-order valence-corrected chi connectivity index (χ4v) is 2.84. The number of hydrogen-bond acceptors (Lipinski definition) is 7. The third-order valence-electron chi connectivity index (χ3n) is 4.43. The van der Waals surface area contributed by atoms with Crippen molar-refractivity contribution in [2.75, 3.05) is 13.7 Å². The van der Waals surface area contributed by atoms with E-state index >= 15 is 0 Å². The minimum absolute atomic E-state index is 0.0166. The van der Waals surface area contributed by atoms with Crippen LogP contribution in [0, 0.1) is 11.3 Å². The molecule has 0 N–H and O–H groups in total. The van der Waals surface area contributed by atoms with Gasteiger partial charge in [-0.05, 0) is 29.1 Å². The summed E-state index contributed by atoms with van der Waals surface area (Å²) in [5, 5.41) is 8.61. The first kappa shape index (κ1) is 18.3. The first-order chi connectivity index (χ1) is 12.9. The average molecular weight is 361 g/mol. The lowest BCUT2D eigenvalue weighted by Gasteiger charge is -2.13. The number of Topliss-reactive ketones (excluding diaryl/α,β-unsaturated/α-hetero) is 2. The molecule has 0 fully saturated rings. The van der Waals surface area contributed by atoms with Crippen LogP contribution in [0.25, 0.3) is 5.47 Å². The van der Waals surface area contributed by atoms with E-state index in [1.54, 1.807) is 15.7 Å². The molecule has 1 aromatic carbocycles. The summed E-state index contributed by atoms with van der Waals surface area (Å²) >= 11 is 0. The van der Waals surface area contributed by atoms with E-state index in [2.05, 4.69) is 0 Å². The number of methoxy groups -OCH3 is 1. The van der Waals surface area contributed by atoms with Crippen LogP contribution in [0.5, 0.6) is 11.5 Å². The zero-order valence-electron chi connectivity index (χ0n) is 14.9. The van der Waals surface area contributed by atoms with Crippen LogP contribution < -0.4 is 9.47 Å². The maximum absolute atomic E-state index is 12.9. The van der Waals surface area contributed by atoms with Gasteiger partial charge in [0.15, 0.2) is 23.9 Å². The number of furan rings is 1. The molecule has 132 valence electrons. The minimum atomic E-state index is -0.758. The van der Waals surface area contributed by atoms with Crippen LogP contribution in [0.3, 0.4) is 0 Å². The Labute approximate surface area is 156 Å². The van der Waals surface area contributed by atoms with Crippen molar-refractivity contribution in [1.82, 2.24) is 0 Å². The molecule has 0 saturated heterocycles. The Morgan fingerprint density at radius 3 is 2.59 bits per heavy atom. The normalized spacial score (nSPS) is 13.2. The lowest BCUT2D eigenvalue weighted by atomic mass is 9.70. The summed E-state index contributed by atoms with van der Waals surface area (Å²) in [6.45, 7) is -0.166. The van der Waals surface area contributed by atoms with Crippen LogP contribution in [-0.2, 0) is 4.79 Å². The van der Waals surface area contributed by atoms with Crippen molar-refractivity contribution in [3.63, 3.8) is 0 Å². The number of nitriles is 1. The molecule has 2 aromatic rings. The monoisotopic (exact) mass is 361 g/mol. The van der Waals surface area contributed by atoms with Gasteiger partial charge < -0.3 is 13.9 Å². The Hall–Kier alpha value is -3.53. The van der Waals surface area contributed by atoms with Gasteiger partial charge in [0.25, 0.3) is 0 Å². The van der Waals surface area contributed by atoms with E-state index < -0.39 is 17.3 Å². The zero-order valence-corrected chi connectivity index (χ0v) is 14.9. The van der Waals surface area contributed by atoms with Crippen molar-refractivity contribution >= 4 is 38.5 Å². The minimum Gasteiger partial charge on any atom is -0.493 e. The second kappa shape index (κ2) is 7.00. The Morgan fingerprint density at radius 2 is 1.93 bits per heavy atom. The van der Waals surface area contributed by atoms with Crippen LogP contribution in [0.15, 0.2) is 34.4 Å². The maximum Gasteiger partial charge on any atom is 0.236 e. The van der Waals surface area contributed by atoms with Crippen molar-refractivity contribution < 1.29 is 28.3 Å². The van der Waals surface area contributed by atoms with Crippen LogP contribution >= 0.6 is 0 Å². The molecule has 1 aliphatic rings. The number of hydrogen-bond donors (Lipinski definition) is 0. The molecular formula is C18H13B2NO6. The summed E-state index contributed by atoms with van der Waals surface area (Å²) in [6, 6.07) is 6.27. The number of carbonyl (C=O) groups excluding carboxylic acids is 3. The topological polar surface area (TPSA) is 107 Å². The summed E-state index contributed by atoms with van der Waals surface area (Å²) in [7, 11) is 4.62. The number of allylic oxidation sites excluding steroid dienone is 1. The van der Waals surface area contributed by atoms with E-state index in [1.807, 2.05) is 6.07 Å². The quantitative estimate of drug-likeness (QED) is 0.423. The number of fused-ring (bicyclic) bond motifs is 1. The van der Waals surface area contributed by atoms with Gasteiger partial charge in [0.05, 0.1) is 18.2 Å². The molecule has 0 unspecified atom stereocenters. The predicted molar refractivity (Wildman–Crippen MR) is 99.6 cm³/mol. The van der Waals surface area contributed by atoms with Gasteiger partial charge in [0, 0.05) is 5.56 Å². The molecule has 0 bridgehead atoms. The largest absolute Gasteiger partial charge is 0.493 e. The molecule has 0 amide bonds. The summed E-state index contributed by atoms with van der Waals surface area (Å²) in [4.78, 5) is 37.5. The van der Waals surface area contributed by atoms with Crippen molar-refractivity contribution in [1.29, 1.82) is 5.26 Å². The van der Waals surface area contributed by atoms with Gasteiger partial charge in [0.2, 0.25) is 11.6 Å². The van der Waals surface area contributed by atoms with Gasteiger partial charge in [-0.15, -0.1) is 0 Å². The Kier molecular flexibility index (Phi) is 4.73. The zero-order chi connectivity index (χ0) is 19.7. The van der Waals surface area contributed by atoms with E-state index in [0.717, 1.165) is 0 Å². The number of benzene rings is 1. The van der Waals surface area contributed by atoms with Gasteiger partial charge in [-0.1, -0.05) is 0 Å². The summed E-state index contributed by atoms with van der Waals surface area (Å²) in [5.41, 5.74) is 1.07. The maximum atomic E-state index is 12.9. The first-order valence-electron chi connectivity index (χ1n) is 8.01. The van der Waals surface area contributed by atoms with E-state index in [9.17, 15) is 14.4 Å². The van der Waals surface area contributed by atoms with Gasteiger partial charge in [-0.25, -0.2) is 0 Å². The molecule has 1 heterocycles. The van der Waals surface area contributed by atoms with Crippen molar-refractivity contribution in [2.45, 2.75) is 0 Å². The van der Waals surface area contributed by atoms with Gasteiger partial charge in [-0.3, -0.25) is 14.4 Å². The second-order valence-electron chi connectivity index (χ2n) is 5.90. The lowest BCUT2D eigenvalue weighted by molar-refractivity contribution is -0.111. The number of nitrogens with zero attached hydrogens (tertiary/aromatic N) is 1. The molecule has 3 rings (SSSR count). The van der Waals surface area contributed by atoms with E-state index in [0.29, 0.717) is 16.7 Å². The summed E-state index contributed by atoms with van der Waals surface area (Å²) < 4.78 is 15.8. The van der Waals surface area contributed by atoms with Crippen molar-refractivity contribution in [3.05, 3.63) is 52.4 Å². The number of carbonyl (C=O) groups is 3. The highest BCUT2D eigenvalue weighted by Gasteiger charge is 2.35. The molecule has 0 saturated carbocycles. The van der Waals surface area contributed by atoms with Gasteiger partial charge >= 0.3 is 0 Å². The average Bonchev–Trinajstić information content (AvgIpc) is 3.13. The van der Waals surface area contributed by atoms with E-state index in [1.165, 1.54) is 31.6 Å². The predicted octanol–water partition coefficient (Wildman–Crippen LogP) is 0.122. The first-order valence-corrected chi connectivity index (χ1v) is 8.01. The fourth-order valence-electron chi connectivity index (χ4n) is 2.84. The van der Waals surface area contributed by atoms with Crippen molar-refractivity contribution in [2.24, 2.45) is 0 Å². The Balaban J connectivity index is 2.04. The molecular weight excluding hydrogens is 348 g/mol. The molecule has 27 heavy (non-hydrogen) atoms. The Morgan fingerprint density at radius 1 is 1.19 bits per heavy atom.